The number of benzene rings is 1. The monoisotopic (exact) mass is 295 g/mol. The van der Waals surface area contributed by atoms with Crippen molar-refractivity contribution in [3.63, 3.8) is 0 Å². The largest absolute Gasteiger partial charge is 0.310 e. The fourth-order valence-electron chi connectivity index (χ4n) is 2.12. The van der Waals surface area contributed by atoms with Crippen molar-refractivity contribution in [3.05, 3.63) is 23.8 Å². The molecule has 19 heavy (non-hydrogen) atoms. The lowest BCUT2D eigenvalue weighted by Crippen LogP contribution is -2.32. The van der Waals surface area contributed by atoms with Gasteiger partial charge in [0.1, 0.15) is 11.0 Å². The molecular formula is C14H21N3S2. The van der Waals surface area contributed by atoms with Gasteiger partial charge in [-0.05, 0) is 37.3 Å². The Kier molecular flexibility index (Phi) is 4.81. The van der Waals surface area contributed by atoms with E-state index in [9.17, 15) is 0 Å². The highest BCUT2D eigenvalue weighted by Gasteiger charge is 2.19. The van der Waals surface area contributed by atoms with Gasteiger partial charge in [0.2, 0.25) is 0 Å². The zero-order chi connectivity index (χ0) is 13.9. The average molecular weight is 295 g/mol. The third-order valence-electron chi connectivity index (χ3n) is 3.32. The molecule has 0 saturated heterocycles. The molecule has 5 heteroatoms. The van der Waals surface area contributed by atoms with Crippen molar-refractivity contribution in [2.75, 3.05) is 6.26 Å². The molecule has 104 valence electrons. The molecule has 1 aromatic carbocycles. The van der Waals surface area contributed by atoms with Gasteiger partial charge in [0.15, 0.2) is 0 Å². The fourth-order valence-corrected chi connectivity index (χ4v) is 3.06. The van der Waals surface area contributed by atoms with Crippen LogP contribution in [-0.4, -0.2) is 25.8 Å². The van der Waals surface area contributed by atoms with Gasteiger partial charge in [-0.15, -0.1) is 0 Å². The first-order valence-corrected chi connectivity index (χ1v) is 8.45. The Morgan fingerprint density at radius 2 is 2.05 bits per heavy atom. The van der Waals surface area contributed by atoms with Crippen molar-refractivity contribution in [1.82, 2.24) is 14.1 Å². The van der Waals surface area contributed by atoms with Crippen molar-refractivity contribution in [1.29, 1.82) is 0 Å². The van der Waals surface area contributed by atoms with Gasteiger partial charge >= 0.3 is 0 Å². The summed E-state index contributed by atoms with van der Waals surface area (Å²) in [7, 11) is 0. The summed E-state index contributed by atoms with van der Waals surface area (Å²) >= 11 is 3.20. The molecule has 0 fully saturated rings. The number of nitrogens with one attached hydrogen (secondary N) is 1. The highest BCUT2D eigenvalue weighted by molar-refractivity contribution is 7.99. The first-order valence-electron chi connectivity index (χ1n) is 6.50. The van der Waals surface area contributed by atoms with Crippen molar-refractivity contribution >= 4 is 34.5 Å². The molecule has 0 aliphatic rings. The van der Waals surface area contributed by atoms with Crippen LogP contribution in [0, 0.1) is 0 Å². The molecule has 1 N–H and O–H groups in total. The van der Waals surface area contributed by atoms with Gasteiger partial charge in [-0.1, -0.05) is 19.9 Å². The lowest BCUT2D eigenvalue weighted by Gasteiger charge is -2.26. The third-order valence-corrected chi connectivity index (χ3v) is 5.15. The van der Waals surface area contributed by atoms with E-state index in [0.29, 0.717) is 10.8 Å². The van der Waals surface area contributed by atoms with Crippen LogP contribution in [0.5, 0.6) is 0 Å². The third kappa shape index (κ3) is 4.16. The predicted octanol–water partition coefficient (Wildman–Crippen LogP) is 3.70. The maximum absolute atomic E-state index is 4.28. The molecule has 0 saturated carbocycles. The van der Waals surface area contributed by atoms with Crippen LogP contribution >= 0.6 is 23.5 Å². The SMILES string of the molecule is CSC(C)(C)CC(C)NCc1ccc2nsnc2c1. The summed E-state index contributed by atoms with van der Waals surface area (Å²) in [5, 5.41) is 3.59. The van der Waals surface area contributed by atoms with Crippen molar-refractivity contribution in [2.45, 2.75) is 44.5 Å². The first kappa shape index (κ1) is 14.8. The molecule has 0 aliphatic heterocycles. The summed E-state index contributed by atoms with van der Waals surface area (Å²) in [6, 6.07) is 6.81. The molecular weight excluding hydrogens is 274 g/mol. The quantitative estimate of drug-likeness (QED) is 0.882. The summed E-state index contributed by atoms with van der Waals surface area (Å²) in [4.78, 5) is 0. The Bertz CT molecular complexity index is 536. The van der Waals surface area contributed by atoms with Crippen LogP contribution in [0.15, 0.2) is 18.2 Å². The maximum atomic E-state index is 4.28. The highest BCUT2D eigenvalue weighted by Crippen LogP contribution is 2.26. The van der Waals surface area contributed by atoms with Crippen LogP contribution in [-0.2, 0) is 6.54 Å². The number of rotatable bonds is 6. The standard InChI is InChI=1S/C14H21N3S2/c1-10(8-14(2,3)18-4)15-9-11-5-6-12-13(7-11)17-19-16-12/h5-7,10,15H,8-9H2,1-4H3. The summed E-state index contributed by atoms with van der Waals surface area (Å²) in [6.45, 7) is 7.73. The Balaban J connectivity index is 1.91. The lowest BCUT2D eigenvalue weighted by atomic mass is 10.0. The van der Waals surface area contributed by atoms with Gasteiger partial charge < -0.3 is 5.32 Å². The zero-order valence-corrected chi connectivity index (χ0v) is 13.6. The average Bonchev–Trinajstić information content (AvgIpc) is 2.83. The smallest absolute Gasteiger partial charge is 0.105 e. The van der Waals surface area contributed by atoms with E-state index in [0.717, 1.165) is 24.0 Å². The summed E-state index contributed by atoms with van der Waals surface area (Å²) in [6.07, 6.45) is 3.34. The van der Waals surface area contributed by atoms with E-state index in [4.69, 9.17) is 0 Å². The molecule has 2 rings (SSSR count). The molecule has 1 heterocycles. The number of hydrogen-bond acceptors (Lipinski definition) is 5. The second-order valence-electron chi connectivity index (χ2n) is 5.54. The van der Waals surface area contributed by atoms with Crippen LogP contribution in [0.25, 0.3) is 11.0 Å². The summed E-state index contributed by atoms with van der Waals surface area (Å²) < 4.78 is 8.83. The minimum atomic E-state index is 0.329. The molecule has 0 bridgehead atoms. The molecule has 3 nitrogen and oxygen atoms in total. The van der Waals surface area contributed by atoms with Crippen molar-refractivity contribution < 1.29 is 0 Å². The summed E-state index contributed by atoms with van der Waals surface area (Å²) in [5.41, 5.74) is 3.26. The van der Waals surface area contributed by atoms with E-state index in [1.54, 1.807) is 0 Å². The van der Waals surface area contributed by atoms with Gasteiger partial charge in [-0.3, -0.25) is 0 Å². The molecule has 1 atom stereocenters. The van der Waals surface area contributed by atoms with Gasteiger partial charge in [-0.25, -0.2) is 0 Å². The van der Waals surface area contributed by atoms with Crippen molar-refractivity contribution in [3.8, 4) is 0 Å². The molecule has 1 unspecified atom stereocenters. The number of nitrogens with zero attached hydrogens (tertiary/aromatic N) is 2. The van der Waals surface area contributed by atoms with E-state index in [2.05, 4.69) is 53.2 Å². The van der Waals surface area contributed by atoms with E-state index in [-0.39, 0.29) is 0 Å². The van der Waals surface area contributed by atoms with Crippen LogP contribution in [0.4, 0.5) is 0 Å². The Morgan fingerprint density at radius 3 is 2.79 bits per heavy atom. The van der Waals surface area contributed by atoms with E-state index < -0.39 is 0 Å². The van der Waals surface area contributed by atoms with Crippen LogP contribution in [0.1, 0.15) is 32.8 Å². The molecule has 2 aromatic rings. The number of hydrogen-bond donors (Lipinski definition) is 1. The topological polar surface area (TPSA) is 37.8 Å². The number of thioether (sulfide) groups is 1. The lowest BCUT2D eigenvalue weighted by molar-refractivity contribution is 0.466. The van der Waals surface area contributed by atoms with Crippen LogP contribution < -0.4 is 5.32 Å². The Hall–Kier alpha value is -0.650. The zero-order valence-electron chi connectivity index (χ0n) is 11.9. The van der Waals surface area contributed by atoms with Crippen LogP contribution in [0.3, 0.4) is 0 Å². The van der Waals surface area contributed by atoms with Gasteiger partial charge in [0.25, 0.3) is 0 Å². The number of aromatic nitrogens is 2. The first-order chi connectivity index (χ1) is 9.00. The van der Waals surface area contributed by atoms with Gasteiger partial charge in [0.05, 0.1) is 11.7 Å². The van der Waals surface area contributed by atoms with Crippen molar-refractivity contribution in [2.24, 2.45) is 0 Å². The van der Waals surface area contributed by atoms with E-state index in [1.807, 2.05) is 17.8 Å². The Labute approximate surface area is 123 Å². The number of fused-ring (bicyclic) bond motifs is 1. The fraction of sp³-hybridized carbons (Fsp3) is 0.571. The minimum absolute atomic E-state index is 0.329. The van der Waals surface area contributed by atoms with Crippen LogP contribution in [0.2, 0.25) is 0 Å². The molecule has 0 spiro atoms. The molecule has 1 aromatic heterocycles. The second-order valence-corrected chi connectivity index (χ2v) is 7.58. The van der Waals surface area contributed by atoms with Gasteiger partial charge in [-0.2, -0.15) is 20.5 Å². The summed E-state index contributed by atoms with van der Waals surface area (Å²) in [5.74, 6) is 0. The molecule has 0 radical (unpaired) electrons. The second kappa shape index (κ2) is 6.20. The maximum Gasteiger partial charge on any atom is 0.105 e. The Morgan fingerprint density at radius 1 is 1.32 bits per heavy atom. The van der Waals surface area contributed by atoms with E-state index >= 15 is 0 Å². The molecule has 0 amide bonds. The van der Waals surface area contributed by atoms with E-state index in [1.165, 1.54) is 17.3 Å². The minimum Gasteiger partial charge on any atom is -0.310 e. The molecule has 0 aliphatic carbocycles. The van der Waals surface area contributed by atoms with Gasteiger partial charge in [0, 0.05) is 17.3 Å². The predicted molar refractivity (Wildman–Crippen MR) is 85.9 cm³/mol. The normalized spacial score (nSPS) is 13.9. The highest BCUT2D eigenvalue weighted by atomic mass is 32.2.